The van der Waals surface area contributed by atoms with Crippen LogP contribution in [0.5, 0.6) is 0 Å². The lowest BCUT2D eigenvalue weighted by atomic mass is 10.3. The van der Waals surface area contributed by atoms with Gasteiger partial charge in [-0.05, 0) is 12.1 Å². The molecule has 0 saturated heterocycles. The number of primary amides is 1. The number of hydrogen-bond donors (Lipinski definition) is 1. The van der Waals surface area contributed by atoms with Crippen LogP contribution in [0.2, 0.25) is 0 Å². The molecule has 5 nitrogen and oxygen atoms in total. The molecule has 0 bridgehead atoms. The predicted molar refractivity (Wildman–Crippen MR) is 71.5 cm³/mol. The number of carbonyl (C=O) groups is 1. The minimum Gasteiger partial charge on any atom is -0.369 e. The topological polar surface area (TPSA) is 64.2 Å². The smallest absolute Gasteiger partial charge is 0.231 e. The Labute approximate surface area is 111 Å². The molecule has 1 aromatic carbocycles. The van der Waals surface area contributed by atoms with E-state index in [-0.39, 0.29) is 18.3 Å². The van der Waals surface area contributed by atoms with Gasteiger partial charge in [-0.15, -0.1) is 12.4 Å². The van der Waals surface area contributed by atoms with E-state index in [0.717, 1.165) is 24.4 Å². The third kappa shape index (κ3) is 2.19. The number of carbonyl (C=O) groups excluding carboxylic acids is 1. The van der Waals surface area contributed by atoms with Crippen molar-refractivity contribution in [3.8, 4) is 0 Å². The quantitative estimate of drug-likeness (QED) is 0.873. The Hall–Kier alpha value is -1.59. The molecule has 1 aliphatic heterocycles. The molecule has 0 atom stereocenters. The van der Waals surface area contributed by atoms with Gasteiger partial charge in [0.1, 0.15) is 5.82 Å². The number of nitrogens with two attached hydrogens (primary N) is 1. The van der Waals surface area contributed by atoms with E-state index in [1.165, 1.54) is 5.52 Å². The van der Waals surface area contributed by atoms with Crippen molar-refractivity contribution in [2.24, 2.45) is 5.73 Å². The van der Waals surface area contributed by atoms with E-state index in [9.17, 15) is 4.79 Å². The van der Waals surface area contributed by atoms with Gasteiger partial charge < -0.3 is 10.3 Å². The predicted octanol–water partition coefficient (Wildman–Crippen LogP) is 0.759. The Morgan fingerprint density at radius 3 is 2.89 bits per heavy atom. The van der Waals surface area contributed by atoms with Crippen molar-refractivity contribution in [1.29, 1.82) is 0 Å². The Morgan fingerprint density at radius 2 is 2.11 bits per heavy atom. The molecule has 1 amide bonds. The van der Waals surface area contributed by atoms with Crippen LogP contribution in [0.1, 0.15) is 5.82 Å². The van der Waals surface area contributed by atoms with Crippen LogP contribution in [0.25, 0.3) is 11.0 Å². The first kappa shape index (κ1) is 12.9. The molecule has 2 heterocycles. The van der Waals surface area contributed by atoms with Gasteiger partial charge in [0.15, 0.2) is 0 Å². The highest BCUT2D eigenvalue weighted by Crippen LogP contribution is 2.20. The summed E-state index contributed by atoms with van der Waals surface area (Å²) in [6.45, 7) is 2.71. The van der Waals surface area contributed by atoms with Crippen molar-refractivity contribution in [2.45, 2.75) is 13.1 Å². The number of benzene rings is 1. The molecule has 1 aromatic heterocycles. The molecule has 0 aliphatic carbocycles. The summed E-state index contributed by atoms with van der Waals surface area (Å²) >= 11 is 0. The van der Waals surface area contributed by atoms with Crippen LogP contribution in [-0.4, -0.2) is 33.4 Å². The molecule has 96 valence electrons. The van der Waals surface area contributed by atoms with Crippen LogP contribution in [0, 0.1) is 0 Å². The standard InChI is InChI=1S/C12H14N4O.ClH/c13-11(17)7-15-5-6-16-10-4-2-1-3-9(10)14-12(16)8-15;/h1-4H,5-8H2,(H2,13,17);1H. The molecule has 3 rings (SSSR count). The largest absolute Gasteiger partial charge is 0.369 e. The average molecular weight is 267 g/mol. The number of amides is 1. The number of hydrogen-bond acceptors (Lipinski definition) is 3. The number of imidazole rings is 1. The molecule has 2 N–H and O–H groups in total. The van der Waals surface area contributed by atoms with E-state index < -0.39 is 0 Å². The highest BCUT2D eigenvalue weighted by Gasteiger charge is 2.20. The van der Waals surface area contributed by atoms with Crippen molar-refractivity contribution in [2.75, 3.05) is 13.1 Å². The van der Waals surface area contributed by atoms with Crippen LogP contribution in [0.3, 0.4) is 0 Å². The van der Waals surface area contributed by atoms with Gasteiger partial charge >= 0.3 is 0 Å². The molecular weight excluding hydrogens is 252 g/mol. The first-order valence-corrected chi connectivity index (χ1v) is 5.69. The second kappa shape index (κ2) is 4.96. The molecule has 1 aliphatic rings. The van der Waals surface area contributed by atoms with Gasteiger partial charge in [-0.25, -0.2) is 4.98 Å². The number of rotatable bonds is 2. The molecule has 0 radical (unpaired) electrons. The molecule has 18 heavy (non-hydrogen) atoms. The Bertz CT molecular complexity index is 580. The lowest BCUT2D eigenvalue weighted by molar-refractivity contribution is -0.119. The van der Waals surface area contributed by atoms with E-state index in [4.69, 9.17) is 5.73 Å². The van der Waals surface area contributed by atoms with Crippen LogP contribution in [0.15, 0.2) is 24.3 Å². The van der Waals surface area contributed by atoms with Crippen molar-refractivity contribution in [3.63, 3.8) is 0 Å². The molecule has 2 aromatic rings. The van der Waals surface area contributed by atoms with E-state index in [1.54, 1.807) is 0 Å². The maximum Gasteiger partial charge on any atom is 0.231 e. The fourth-order valence-electron chi connectivity index (χ4n) is 2.37. The fourth-order valence-corrected chi connectivity index (χ4v) is 2.37. The van der Waals surface area contributed by atoms with Gasteiger partial charge in [0.2, 0.25) is 5.91 Å². The van der Waals surface area contributed by atoms with Crippen LogP contribution in [-0.2, 0) is 17.9 Å². The summed E-state index contributed by atoms with van der Waals surface area (Å²) in [5.41, 5.74) is 7.40. The van der Waals surface area contributed by atoms with E-state index in [0.29, 0.717) is 13.1 Å². The van der Waals surface area contributed by atoms with Gasteiger partial charge in [-0.2, -0.15) is 0 Å². The molecule has 0 spiro atoms. The number of nitrogens with zero attached hydrogens (tertiary/aromatic N) is 3. The number of para-hydroxylation sites is 2. The first-order valence-electron chi connectivity index (χ1n) is 5.69. The van der Waals surface area contributed by atoms with Gasteiger partial charge in [-0.1, -0.05) is 12.1 Å². The maximum atomic E-state index is 10.9. The zero-order valence-electron chi connectivity index (χ0n) is 9.87. The zero-order chi connectivity index (χ0) is 11.8. The number of fused-ring (bicyclic) bond motifs is 3. The van der Waals surface area contributed by atoms with Crippen molar-refractivity contribution in [1.82, 2.24) is 14.5 Å². The normalized spacial score (nSPS) is 15.1. The zero-order valence-corrected chi connectivity index (χ0v) is 10.7. The molecule has 0 unspecified atom stereocenters. The molecule has 6 heteroatoms. The minimum absolute atomic E-state index is 0. The van der Waals surface area contributed by atoms with Crippen molar-refractivity contribution in [3.05, 3.63) is 30.1 Å². The third-order valence-electron chi connectivity index (χ3n) is 3.12. The SMILES string of the molecule is Cl.NC(=O)CN1CCn2c(nc3ccccc32)C1. The summed E-state index contributed by atoms with van der Waals surface area (Å²) in [4.78, 5) is 17.5. The first-order chi connectivity index (χ1) is 8.24. The summed E-state index contributed by atoms with van der Waals surface area (Å²) in [7, 11) is 0. The summed E-state index contributed by atoms with van der Waals surface area (Å²) in [5.74, 6) is 0.730. The lowest BCUT2D eigenvalue weighted by Crippen LogP contribution is -2.39. The van der Waals surface area contributed by atoms with Crippen LogP contribution in [0.4, 0.5) is 0 Å². The maximum absolute atomic E-state index is 10.9. The molecule has 0 fully saturated rings. The van der Waals surface area contributed by atoms with E-state index in [2.05, 4.69) is 15.6 Å². The number of halogens is 1. The van der Waals surface area contributed by atoms with E-state index in [1.807, 2.05) is 23.1 Å². The number of aromatic nitrogens is 2. The lowest BCUT2D eigenvalue weighted by Gasteiger charge is -2.26. The third-order valence-corrected chi connectivity index (χ3v) is 3.12. The second-order valence-electron chi connectivity index (χ2n) is 4.35. The average Bonchev–Trinajstić information content (AvgIpc) is 2.65. The van der Waals surface area contributed by atoms with Gasteiger partial charge in [0.25, 0.3) is 0 Å². The molecular formula is C12H15ClN4O. The molecule has 0 saturated carbocycles. The van der Waals surface area contributed by atoms with Crippen LogP contribution < -0.4 is 5.73 Å². The van der Waals surface area contributed by atoms with Crippen LogP contribution >= 0.6 is 12.4 Å². The summed E-state index contributed by atoms with van der Waals surface area (Å²) in [6, 6.07) is 8.10. The van der Waals surface area contributed by atoms with E-state index >= 15 is 0 Å². The Morgan fingerprint density at radius 1 is 1.33 bits per heavy atom. The Kier molecular flexibility index (Phi) is 3.54. The fraction of sp³-hybridized carbons (Fsp3) is 0.333. The minimum atomic E-state index is -0.283. The second-order valence-corrected chi connectivity index (χ2v) is 4.35. The van der Waals surface area contributed by atoms with Gasteiger partial charge in [0.05, 0.1) is 24.1 Å². The highest BCUT2D eigenvalue weighted by atomic mass is 35.5. The van der Waals surface area contributed by atoms with Gasteiger partial charge in [-0.3, -0.25) is 9.69 Å². The van der Waals surface area contributed by atoms with Crippen molar-refractivity contribution < 1.29 is 4.79 Å². The summed E-state index contributed by atoms with van der Waals surface area (Å²) < 4.78 is 2.22. The van der Waals surface area contributed by atoms with Gasteiger partial charge in [0, 0.05) is 13.1 Å². The Balaban J connectivity index is 0.00000120. The van der Waals surface area contributed by atoms with Crippen molar-refractivity contribution >= 4 is 29.3 Å². The monoisotopic (exact) mass is 266 g/mol. The summed E-state index contributed by atoms with van der Waals surface area (Å²) in [6.07, 6.45) is 0. The summed E-state index contributed by atoms with van der Waals surface area (Å²) in [5, 5.41) is 0. The highest BCUT2D eigenvalue weighted by molar-refractivity contribution is 5.85.